The molecule has 1 aromatic heterocycles. The lowest BCUT2D eigenvalue weighted by Gasteiger charge is -2.30. The summed E-state index contributed by atoms with van der Waals surface area (Å²) < 4.78 is 0. The maximum Gasteiger partial charge on any atom is 0.0788 e. The Morgan fingerprint density at radius 1 is 0.389 bits per heavy atom. The number of aromatic nitrogens is 1. The number of fused-ring (bicyclic) bond motifs is 6. The average Bonchev–Trinajstić information content (AvgIpc) is 3.46. The van der Waals surface area contributed by atoms with Crippen molar-refractivity contribution in [1.82, 2.24) is 4.98 Å². The first-order valence-electron chi connectivity index (χ1n) is 18.7. The highest BCUT2D eigenvalue weighted by molar-refractivity contribution is 6.11. The van der Waals surface area contributed by atoms with E-state index in [1.54, 1.807) is 0 Å². The molecule has 0 N–H and O–H groups in total. The van der Waals surface area contributed by atoms with Crippen molar-refractivity contribution in [1.29, 1.82) is 0 Å². The summed E-state index contributed by atoms with van der Waals surface area (Å²) in [6, 6.07) is 70.2. The van der Waals surface area contributed by atoms with Gasteiger partial charge in [0.1, 0.15) is 0 Å². The van der Waals surface area contributed by atoms with E-state index in [9.17, 15) is 0 Å². The van der Waals surface area contributed by atoms with Crippen LogP contribution in [0.3, 0.4) is 0 Å². The molecule has 0 saturated heterocycles. The first-order valence-corrected chi connectivity index (χ1v) is 18.7. The molecule has 10 rings (SSSR count). The van der Waals surface area contributed by atoms with Crippen LogP contribution in [0.15, 0.2) is 194 Å². The van der Waals surface area contributed by atoms with Crippen molar-refractivity contribution >= 4 is 38.7 Å². The van der Waals surface area contributed by atoms with E-state index < -0.39 is 0 Å². The molecule has 0 unspecified atom stereocenters. The molecular formula is C52H38N2. The van der Waals surface area contributed by atoms with Gasteiger partial charge in [-0.2, -0.15) is 0 Å². The minimum atomic E-state index is -0.231. The van der Waals surface area contributed by atoms with E-state index in [-0.39, 0.29) is 5.41 Å². The molecule has 0 bridgehead atoms. The maximum absolute atomic E-state index is 5.25. The van der Waals surface area contributed by atoms with Crippen molar-refractivity contribution in [3.8, 4) is 44.6 Å². The molecule has 2 nitrogen and oxygen atoms in total. The minimum absolute atomic E-state index is 0.231. The number of anilines is 3. The monoisotopic (exact) mass is 690 g/mol. The van der Waals surface area contributed by atoms with Crippen LogP contribution in [0.4, 0.5) is 17.1 Å². The predicted octanol–water partition coefficient (Wildman–Crippen LogP) is 14.2. The number of nitrogens with zero attached hydrogens (tertiary/aromatic N) is 2. The fourth-order valence-electron chi connectivity index (χ4n) is 8.53. The van der Waals surface area contributed by atoms with Gasteiger partial charge in [-0.25, -0.2) is 4.98 Å². The Labute approximate surface area is 316 Å². The second kappa shape index (κ2) is 12.7. The Morgan fingerprint density at radius 2 is 0.926 bits per heavy atom. The first kappa shape index (κ1) is 31.9. The zero-order valence-corrected chi connectivity index (χ0v) is 30.4. The fraction of sp³-hybridized carbons (Fsp3) is 0.0577. The molecule has 256 valence electrons. The Bertz CT molecular complexity index is 2840. The van der Waals surface area contributed by atoms with Gasteiger partial charge in [-0.15, -0.1) is 0 Å². The topological polar surface area (TPSA) is 16.1 Å². The van der Waals surface area contributed by atoms with Gasteiger partial charge in [-0.1, -0.05) is 166 Å². The van der Waals surface area contributed by atoms with E-state index in [4.69, 9.17) is 4.98 Å². The predicted molar refractivity (Wildman–Crippen MR) is 228 cm³/mol. The molecule has 0 amide bonds. The summed E-state index contributed by atoms with van der Waals surface area (Å²) in [4.78, 5) is 7.68. The summed E-state index contributed by atoms with van der Waals surface area (Å²) in [7, 11) is 0. The molecule has 1 aliphatic rings. The Kier molecular flexibility index (Phi) is 7.52. The quantitative estimate of drug-likeness (QED) is 0.161. The van der Waals surface area contributed by atoms with Crippen LogP contribution < -0.4 is 4.90 Å². The summed E-state index contributed by atoms with van der Waals surface area (Å²) in [5, 5.41) is 3.60. The van der Waals surface area contributed by atoms with Gasteiger partial charge in [0.05, 0.1) is 16.9 Å². The molecular weight excluding hydrogens is 653 g/mol. The normalized spacial score (nSPS) is 12.8. The third-order valence-corrected chi connectivity index (χ3v) is 11.3. The number of hydrogen-bond acceptors (Lipinski definition) is 2. The van der Waals surface area contributed by atoms with E-state index in [2.05, 4.69) is 213 Å². The Balaban J connectivity index is 1.11. The molecule has 54 heavy (non-hydrogen) atoms. The number of hydrogen-bond donors (Lipinski definition) is 0. The third kappa shape index (κ3) is 5.22. The summed E-state index contributed by atoms with van der Waals surface area (Å²) >= 11 is 0. The Hall–Kier alpha value is -6.77. The summed E-state index contributed by atoms with van der Waals surface area (Å²) in [6.07, 6.45) is 0. The lowest BCUT2D eigenvalue weighted by molar-refractivity contribution is 0.660. The van der Waals surface area contributed by atoms with Crippen LogP contribution in [0.25, 0.3) is 66.3 Å². The molecule has 2 heteroatoms. The maximum atomic E-state index is 5.25. The fourth-order valence-corrected chi connectivity index (χ4v) is 8.53. The van der Waals surface area contributed by atoms with Gasteiger partial charge in [0.2, 0.25) is 0 Å². The SMILES string of the molecule is CC1(C)c2cc(-c3nc4ccccc4c4ccccc34)ccc2-c2ccc(N(c3ccc(-c4ccccc4)cc3)c3ccccc3-c3ccccc3)cc21. The van der Waals surface area contributed by atoms with E-state index in [0.29, 0.717) is 0 Å². The van der Waals surface area contributed by atoms with E-state index in [1.807, 2.05) is 0 Å². The number of para-hydroxylation sites is 2. The van der Waals surface area contributed by atoms with Crippen LogP contribution in [-0.4, -0.2) is 4.98 Å². The number of rotatable bonds is 6. The zero-order valence-electron chi connectivity index (χ0n) is 30.4. The molecule has 0 spiro atoms. The van der Waals surface area contributed by atoms with Crippen LogP contribution in [0.5, 0.6) is 0 Å². The molecule has 1 heterocycles. The number of benzene rings is 8. The lowest BCUT2D eigenvalue weighted by atomic mass is 9.81. The highest BCUT2D eigenvalue weighted by Crippen LogP contribution is 2.52. The second-order valence-electron chi connectivity index (χ2n) is 14.8. The smallest absolute Gasteiger partial charge is 0.0788 e. The van der Waals surface area contributed by atoms with Gasteiger partial charge in [-0.05, 0) is 86.8 Å². The van der Waals surface area contributed by atoms with Gasteiger partial charge in [0.25, 0.3) is 0 Å². The van der Waals surface area contributed by atoms with Gasteiger partial charge in [-0.3, -0.25) is 0 Å². The van der Waals surface area contributed by atoms with Gasteiger partial charge < -0.3 is 4.90 Å². The van der Waals surface area contributed by atoms with Gasteiger partial charge in [0, 0.05) is 38.7 Å². The van der Waals surface area contributed by atoms with Crippen LogP contribution in [0, 0.1) is 0 Å². The lowest BCUT2D eigenvalue weighted by Crippen LogP contribution is -2.17. The Morgan fingerprint density at radius 3 is 1.69 bits per heavy atom. The molecule has 1 aliphatic carbocycles. The molecule has 9 aromatic rings. The molecule has 0 atom stereocenters. The van der Waals surface area contributed by atoms with Crippen molar-refractivity contribution in [3.05, 3.63) is 205 Å². The van der Waals surface area contributed by atoms with Crippen LogP contribution in [0.2, 0.25) is 0 Å². The van der Waals surface area contributed by atoms with Crippen LogP contribution in [-0.2, 0) is 5.41 Å². The van der Waals surface area contributed by atoms with E-state index in [1.165, 1.54) is 60.7 Å². The number of pyridine rings is 1. The van der Waals surface area contributed by atoms with Crippen molar-refractivity contribution in [2.24, 2.45) is 0 Å². The van der Waals surface area contributed by atoms with E-state index >= 15 is 0 Å². The van der Waals surface area contributed by atoms with Crippen LogP contribution >= 0.6 is 0 Å². The molecule has 0 saturated carbocycles. The highest BCUT2D eigenvalue weighted by atomic mass is 15.1. The van der Waals surface area contributed by atoms with Crippen molar-refractivity contribution in [3.63, 3.8) is 0 Å². The van der Waals surface area contributed by atoms with Crippen molar-refractivity contribution < 1.29 is 0 Å². The van der Waals surface area contributed by atoms with Crippen molar-refractivity contribution in [2.45, 2.75) is 19.3 Å². The van der Waals surface area contributed by atoms with Crippen LogP contribution in [0.1, 0.15) is 25.0 Å². The third-order valence-electron chi connectivity index (χ3n) is 11.3. The standard InChI is InChI=1S/C52H38N2/c1-52(2)47-33-38(51-46-22-10-9-20-42(46)45-21-11-13-23-49(45)53-51)27-31-43(47)44-32-30-40(34-48(44)52)54(39-28-25-36(26-29-39)35-15-5-3-6-16-35)50-24-14-12-19-41(50)37-17-7-4-8-18-37/h3-34H,1-2H3. The van der Waals surface area contributed by atoms with Gasteiger partial charge in [0.15, 0.2) is 0 Å². The average molecular weight is 691 g/mol. The molecule has 8 aromatic carbocycles. The first-order chi connectivity index (χ1) is 26.5. The molecule has 0 aliphatic heterocycles. The van der Waals surface area contributed by atoms with Gasteiger partial charge >= 0.3 is 0 Å². The summed E-state index contributed by atoms with van der Waals surface area (Å²) in [5.74, 6) is 0. The molecule has 0 radical (unpaired) electrons. The largest absolute Gasteiger partial charge is 0.310 e. The zero-order chi connectivity index (χ0) is 36.2. The van der Waals surface area contributed by atoms with Crippen molar-refractivity contribution in [2.75, 3.05) is 4.90 Å². The minimum Gasteiger partial charge on any atom is -0.310 e. The summed E-state index contributed by atoms with van der Waals surface area (Å²) in [6.45, 7) is 4.74. The van der Waals surface area contributed by atoms with E-state index in [0.717, 1.165) is 33.8 Å². The second-order valence-corrected chi connectivity index (χ2v) is 14.8. The molecule has 0 fully saturated rings. The highest BCUT2D eigenvalue weighted by Gasteiger charge is 2.36. The summed E-state index contributed by atoms with van der Waals surface area (Å²) in [5.41, 5.74) is 16.4.